The van der Waals surface area contributed by atoms with Crippen LogP contribution in [0.3, 0.4) is 0 Å². The summed E-state index contributed by atoms with van der Waals surface area (Å²) in [7, 11) is 1.60. The maximum atomic E-state index is 13.0. The first-order valence-electron chi connectivity index (χ1n) is 8.91. The second-order valence-corrected chi connectivity index (χ2v) is 6.15. The van der Waals surface area contributed by atoms with Crippen molar-refractivity contribution in [2.24, 2.45) is 0 Å². The van der Waals surface area contributed by atoms with Crippen molar-refractivity contribution >= 4 is 17.5 Å². The molecule has 1 atom stereocenters. The van der Waals surface area contributed by atoms with Crippen molar-refractivity contribution in [3.63, 3.8) is 0 Å². The van der Waals surface area contributed by atoms with Gasteiger partial charge >= 0.3 is 0 Å². The molecule has 1 saturated heterocycles. The van der Waals surface area contributed by atoms with Gasteiger partial charge in [0.1, 0.15) is 17.4 Å². The number of anilines is 1. The van der Waals surface area contributed by atoms with E-state index in [1.807, 2.05) is 31.2 Å². The van der Waals surface area contributed by atoms with Crippen LogP contribution in [0.5, 0.6) is 11.6 Å². The normalized spacial score (nSPS) is 17.0. The van der Waals surface area contributed by atoms with E-state index in [2.05, 4.69) is 4.98 Å². The van der Waals surface area contributed by atoms with Gasteiger partial charge in [-0.3, -0.25) is 9.59 Å². The van der Waals surface area contributed by atoms with Crippen molar-refractivity contribution in [1.82, 2.24) is 9.88 Å². The summed E-state index contributed by atoms with van der Waals surface area (Å²) >= 11 is 0. The third-order valence-corrected chi connectivity index (χ3v) is 4.58. The number of ether oxygens (including phenoxy) is 2. The Morgan fingerprint density at radius 2 is 1.96 bits per heavy atom. The van der Waals surface area contributed by atoms with Gasteiger partial charge in [-0.2, -0.15) is 0 Å². The molecule has 1 fully saturated rings. The first-order valence-corrected chi connectivity index (χ1v) is 8.91. The Morgan fingerprint density at radius 1 is 1.22 bits per heavy atom. The third kappa shape index (κ3) is 3.72. The number of carbonyl (C=O) groups excluding carboxylic acids is 2. The van der Waals surface area contributed by atoms with Crippen LogP contribution in [0, 0.1) is 0 Å². The Kier molecular flexibility index (Phi) is 5.59. The maximum Gasteiger partial charge on any atom is 0.260 e. The third-order valence-electron chi connectivity index (χ3n) is 4.58. The standard InChI is InChI=1S/C20H23N3O4/c1-4-27-18-17(6-5-11-21-18)20(25)22-12-13-23(19(24)14(22)2)15-7-9-16(26-3)10-8-15/h5-11,14H,4,12-13H2,1-3H3/t14-/m0/s1. The number of methoxy groups -OCH3 is 1. The number of pyridine rings is 1. The molecule has 7 nitrogen and oxygen atoms in total. The lowest BCUT2D eigenvalue weighted by atomic mass is 10.1. The van der Waals surface area contributed by atoms with Gasteiger partial charge in [-0.1, -0.05) is 0 Å². The molecule has 7 heteroatoms. The molecular formula is C20H23N3O4. The van der Waals surface area contributed by atoms with E-state index in [0.717, 1.165) is 11.4 Å². The smallest absolute Gasteiger partial charge is 0.260 e. The first kappa shape index (κ1) is 18.7. The Labute approximate surface area is 158 Å². The van der Waals surface area contributed by atoms with Gasteiger partial charge in [0.05, 0.1) is 13.7 Å². The molecule has 0 bridgehead atoms. The number of aromatic nitrogens is 1. The van der Waals surface area contributed by atoms with Crippen LogP contribution in [0.2, 0.25) is 0 Å². The fourth-order valence-corrected chi connectivity index (χ4v) is 3.13. The predicted molar refractivity (Wildman–Crippen MR) is 101 cm³/mol. The monoisotopic (exact) mass is 369 g/mol. The molecule has 0 spiro atoms. The second kappa shape index (κ2) is 8.07. The van der Waals surface area contributed by atoms with Crippen molar-refractivity contribution in [3.05, 3.63) is 48.2 Å². The van der Waals surface area contributed by atoms with Gasteiger partial charge in [0, 0.05) is 25.0 Å². The zero-order valence-corrected chi connectivity index (χ0v) is 15.7. The van der Waals surface area contributed by atoms with Gasteiger partial charge in [0.2, 0.25) is 11.8 Å². The molecule has 0 unspecified atom stereocenters. The number of hydrogen-bond donors (Lipinski definition) is 0. The molecule has 2 amide bonds. The number of nitrogens with zero attached hydrogens (tertiary/aromatic N) is 3. The van der Waals surface area contributed by atoms with Gasteiger partial charge in [-0.15, -0.1) is 0 Å². The van der Waals surface area contributed by atoms with Gasteiger partial charge in [-0.25, -0.2) is 4.98 Å². The van der Waals surface area contributed by atoms with E-state index >= 15 is 0 Å². The Morgan fingerprint density at radius 3 is 2.63 bits per heavy atom. The Balaban J connectivity index is 1.79. The Hall–Kier alpha value is -3.09. The van der Waals surface area contributed by atoms with Crippen molar-refractivity contribution in [1.29, 1.82) is 0 Å². The van der Waals surface area contributed by atoms with Crippen molar-refractivity contribution in [3.8, 4) is 11.6 Å². The topological polar surface area (TPSA) is 72.0 Å². The second-order valence-electron chi connectivity index (χ2n) is 6.15. The number of hydrogen-bond acceptors (Lipinski definition) is 5. The molecule has 2 heterocycles. The number of amides is 2. The van der Waals surface area contributed by atoms with Crippen LogP contribution in [0.15, 0.2) is 42.6 Å². The van der Waals surface area contributed by atoms with Gasteiger partial charge < -0.3 is 19.3 Å². The zero-order valence-electron chi connectivity index (χ0n) is 15.7. The van der Waals surface area contributed by atoms with Crippen LogP contribution < -0.4 is 14.4 Å². The molecule has 1 aliphatic rings. The maximum absolute atomic E-state index is 13.0. The van der Waals surface area contributed by atoms with E-state index in [4.69, 9.17) is 9.47 Å². The van der Waals surface area contributed by atoms with E-state index in [-0.39, 0.29) is 11.8 Å². The summed E-state index contributed by atoms with van der Waals surface area (Å²) in [6.45, 7) is 4.84. The summed E-state index contributed by atoms with van der Waals surface area (Å²) in [4.78, 5) is 33.3. The summed E-state index contributed by atoms with van der Waals surface area (Å²) in [6, 6.07) is 10.1. The van der Waals surface area contributed by atoms with Crippen LogP contribution in [0.25, 0.3) is 0 Å². The SMILES string of the molecule is CCOc1ncccc1C(=O)N1CCN(c2ccc(OC)cc2)C(=O)[C@@H]1C. The van der Waals surface area contributed by atoms with E-state index in [1.165, 1.54) is 0 Å². The summed E-state index contributed by atoms with van der Waals surface area (Å²) < 4.78 is 10.6. The molecule has 0 saturated carbocycles. The van der Waals surface area contributed by atoms with Crippen LogP contribution in [0.4, 0.5) is 5.69 Å². The Bertz CT molecular complexity index is 822. The highest BCUT2D eigenvalue weighted by molar-refractivity contribution is 6.04. The number of benzene rings is 1. The number of piperazine rings is 1. The van der Waals surface area contributed by atoms with Crippen LogP contribution in [0.1, 0.15) is 24.2 Å². The molecule has 0 aliphatic carbocycles. The lowest BCUT2D eigenvalue weighted by Crippen LogP contribution is -2.57. The minimum atomic E-state index is -0.581. The van der Waals surface area contributed by atoms with Gasteiger partial charge in [0.25, 0.3) is 5.91 Å². The molecule has 27 heavy (non-hydrogen) atoms. The summed E-state index contributed by atoms with van der Waals surface area (Å²) in [5, 5.41) is 0. The lowest BCUT2D eigenvalue weighted by molar-refractivity contribution is -0.124. The van der Waals surface area contributed by atoms with Gasteiger partial charge in [-0.05, 0) is 50.2 Å². The van der Waals surface area contributed by atoms with E-state index in [1.54, 1.807) is 42.2 Å². The van der Waals surface area contributed by atoms with Crippen molar-refractivity contribution < 1.29 is 19.1 Å². The summed E-state index contributed by atoms with van der Waals surface area (Å²) in [5.74, 6) is 0.652. The zero-order chi connectivity index (χ0) is 19.4. The van der Waals surface area contributed by atoms with E-state index in [9.17, 15) is 9.59 Å². The average molecular weight is 369 g/mol. The number of carbonyl (C=O) groups is 2. The van der Waals surface area contributed by atoms with E-state index < -0.39 is 6.04 Å². The molecule has 0 N–H and O–H groups in total. The molecule has 142 valence electrons. The molecule has 1 aliphatic heterocycles. The highest BCUT2D eigenvalue weighted by atomic mass is 16.5. The lowest BCUT2D eigenvalue weighted by Gasteiger charge is -2.39. The van der Waals surface area contributed by atoms with Crippen molar-refractivity contribution in [2.45, 2.75) is 19.9 Å². The average Bonchev–Trinajstić information content (AvgIpc) is 2.70. The summed E-state index contributed by atoms with van der Waals surface area (Å²) in [5.41, 5.74) is 1.16. The highest BCUT2D eigenvalue weighted by Crippen LogP contribution is 2.25. The van der Waals surface area contributed by atoms with Crippen LogP contribution >= 0.6 is 0 Å². The first-order chi connectivity index (χ1) is 13.1. The molecule has 1 aromatic carbocycles. The van der Waals surface area contributed by atoms with E-state index in [0.29, 0.717) is 31.1 Å². The van der Waals surface area contributed by atoms with Crippen LogP contribution in [-0.4, -0.2) is 54.5 Å². The molecular weight excluding hydrogens is 346 g/mol. The fraction of sp³-hybridized carbons (Fsp3) is 0.350. The highest BCUT2D eigenvalue weighted by Gasteiger charge is 2.36. The van der Waals surface area contributed by atoms with Crippen LogP contribution in [-0.2, 0) is 4.79 Å². The minimum Gasteiger partial charge on any atom is -0.497 e. The number of rotatable bonds is 5. The van der Waals surface area contributed by atoms with Crippen molar-refractivity contribution in [2.75, 3.05) is 31.7 Å². The molecule has 3 rings (SSSR count). The molecule has 2 aromatic rings. The fourth-order valence-electron chi connectivity index (χ4n) is 3.13. The minimum absolute atomic E-state index is 0.124. The summed E-state index contributed by atoms with van der Waals surface area (Å²) in [6.07, 6.45) is 1.58. The quantitative estimate of drug-likeness (QED) is 0.809. The largest absolute Gasteiger partial charge is 0.497 e. The molecule has 1 aromatic heterocycles. The van der Waals surface area contributed by atoms with Gasteiger partial charge in [0.15, 0.2) is 0 Å². The predicted octanol–water partition coefficient (Wildman–Crippen LogP) is 2.37. The molecule has 0 radical (unpaired) electrons.